The number of fused-ring (bicyclic) bond motifs is 9. The third kappa shape index (κ3) is 2.64. The van der Waals surface area contributed by atoms with Crippen LogP contribution in [0.2, 0.25) is 0 Å². The summed E-state index contributed by atoms with van der Waals surface area (Å²) in [6.45, 7) is 0. The average Bonchev–Trinajstić information content (AvgIpc) is 3.45. The number of benzene rings is 7. The molecule has 0 radical (unpaired) electrons. The first-order valence-electron chi connectivity index (χ1n) is 16.6. The monoisotopic (exact) mass is 455 g/mol. The van der Waals surface area contributed by atoms with Gasteiger partial charge in [0.05, 0.1) is 15.1 Å². The van der Waals surface area contributed by atoms with Crippen LogP contribution in [0.3, 0.4) is 0 Å². The fraction of sp³-hybridized carbons (Fsp3) is 0. The van der Waals surface area contributed by atoms with E-state index in [1.54, 1.807) is 18.2 Å². The Labute approximate surface area is 217 Å². The Bertz CT molecular complexity index is 2710. The average molecular weight is 456 g/mol. The fourth-order valence-corrected chi connectivity index (χ4v) is 5.00. The molecule has 0 aliphatic heterocycles. The van der Waals surface area contributed by atoms with Gasteiger partial charge in [-0.1, -0.05) is 96.8 Å². The number of hydrogen-bond acceptors (Lipinski definition) is 1. The Balaban J connectivity index is 1.69. The second-order valence-corrected chi connectivity index (χ2v) is 8.44. The van der Waals surface area contributed by atoms with E-state index in [1.165, 1.54) is 0 Å². The standard InChI is InChI=1S/C34H20O/c1-3-10-25-21(7-1)15-16-24-19-23-9-5-12-27(30(23)20-29(24)25)28-13-6-14-31-34(28)33-26-11-4-2-8-22(26)17-18-32(33)35-31/h1-20H/i1D,3D,5D,7D,9D,10D,12D,15D,16D,19D,20D. The van der Waals surface area contributed by atoms with Gasteiger partial charge in [-0.2, -0.15) is 0 Å². The summed E-state index contributed by atoms with van der Waals surface area (Å²) in [4.78, 5) is 0. The molecule has 0 fully saturated rings. The van der Waals surface area contributed by atoms with E-state index in [-0.39, 0.29) is 50.0 Å². The molecule has 0 saturated carbocycles. The molecule has 0 amide bonds. The van der Waals surface area contributed by atoms with Crippen molar-refractivity contribution in [2.75, 3.05) is 0 Å². The van der Waals surface area contributed by atoms with Crippen LogP contribution in [0, 0.1) is 0 Å². The van der Waals surface area contributed by atoms with Gasteiger partial charge in [-0.05, 0) is 78.4 Å². The predicted molar refractivity (Wildman–Crippen MR) is 149 cm³/mol. The molecule has 35 heavy (non-hydrogen) atoms. The lowest BCUT2D eigenvalue weighted by Gasteiger charge is -2.12. The van der Waals surface area contributed by atoms with Crippen LogP contribution in [-0.4, -0.2) is 0 Å². The molecule has 1 heteroatoms. The number of rotatable bonds is 1. The first-order chi connectivity index (χ1) is 22.0. The van der Waals surface area contributed by atoms with Crippen molar-refractivity contribution in [1.82, 2.24) is 0 Å². The largest absolute Gasteiger partial charge is 0.456 e. The summed E-state index contributed by atoms with van der Waals surface area (Å²) < 4.78 is 103. The highest BCUT2D eigenvalue weighted by molar-refractivity contribution is 6.24. The fourth-order valence-electron chi connectivity index (χ4n) is 5.00. The summed E-state index contributed by atoms with van der Waals surface area (Å²) in [7, 11) is 0. The molecule has 0 aliphatic rings. The highest BCUT2D eigenvalue weighted by atomic mass is 16.3. The quantitative estimate of drug-likeness (QED) is 0.177. The maximum atomic E-state index is 9.56. The molecule has 0 unspecified atom stereocenters. The highest BCUT2D eigenvalue weighted by Crippen LogP contribution is 2.42. The van der Waals surface area contributed by atoms with Crippen LogP contribution in [0.4, 0.5) is 0 Å². The minimum Gasteiger partial charge on any atom is -0.456 e. The van der Waals surface area contributed by atoms with Crippen LogP contribution < -0.4 is 0 Å². The lowest BCUT2D eigenvalue weighted by Crippen LogP contribution is -1.85. The molecular weight excluding hydrogens is 424 g/mol. The molecule has 1 aromatic heterocycles. The van der Waals surface area contributed by atoms with Gasteiger partial charge < -0.3 is 4.42 Å². The van der Waals surface area contributed by atoms with Gasteiger partial charge in [-0.15, -0.1) is 0 Å². The van der Waals surface area contributed by atoms with E-state index in [9.17, 15) is 2.74 Å². The minimum atomic E-state index is -0.590. The Morgan fingerprint density at radius 3 is 2.29 bits per heavy atom. The smallest absolute Gasteiger partial charge is 0.136 e. The summed E-state index contributed by atoms with van der Waals surface area (Å²) in [5.41, 5.74) is 1.59. The Morgan fingerprint density at radius 1 is 0.457 bits per heavy atom. The van der Waals surface area contributed by atoms with Crippen LogP contribution in [0.25, 0.3) is 76.2 Å². The van der Waals surface area contributed by atoms with Gasteiger partial charge in [0.25, 0.3) is 0 Å². The van der Waals surface area contributed by atoms with E-state index < -0.39 is 54.4 Å². The molecule has 0 spiro atoms. The molecule has 0 saturated heterocycles. The zero-order valence-electron chi connectivity index (χ0n) is 29.1. The second-order valence-electron chi connectivity index (χ2n) is 8.44. The van der Waals surface area contributed by atoms with E-state index in [0.717, 1.165) is 16.2 Å². The van der Waals surface area contributed by atoms with E-state index in [0.29, 0.717) is 22.1 Å². The molecule has 8 rings (SSSR count). The van der Waals surface area contributed by atoms with Gasteiger partial charge in [0.15, 0.2) is 0 Å². The Morgan fingerprint density at radius 2 is 1.29 bits per heavy atom. The second kappa shape index (κ2) is 6.94. The van der Waals surface area contributed by atoms with Gasteiger partial charge in [0, 0.05) is 10.8 Å². The van der Waals surface area contributed by atoms with Gasteiger partial charge in [-0.25, -0.2) is 0 Å². The third-order valence-corrected chi connectivity index (χ3v) is 6.53. The van der Waals surface area contributed by atoms with Crippen molar-refractivity contribution in [3.05, 3.63) is 121 Å². The first kappa shape index (κ1) is 11.2. The molecule has 1 heterocycles. The van der Waals surface area contributed by atoms with Crippen LogP contribution in [0.5, 0.6) is 0 Å². The van der Waals surface area contributed by atoms with E-state index >= 15 is 0 Å². The van der Waals surface area contributed by atoms with Crippen molar-refractivity contribution < 1.29 is 19.5 Å². The molecule has 0 aliphatic carbocycles. The van der Waals surface area contributed by atoms with Crippen LogP contribution in [-0.2, 0) is 0 Å². The molecule has 162 valence electrons. The van der Waals surface area contributed by atoms with Crippen LogP contribution in [0.15, 0.2) is 125 Å². The molecule has 0 bridgehead atoms. The summed E-state index contributed by atoms with van der Waals surface area (Å²) in [6, 6.07) is 11.3. The number of furan rings is 1. The van der Waals surface area contributed by atoms with Crippen molar-refractivity contribution in [3.63, 3.8) is 0 Å². The topological polar surface area (TPSA) is 13.1 Å². The summed E-state index contributed by atoms with van der Waals surface area (Å²) >= 11 is 0. The lowest BCUT2D eigenvalue weighted by molar-refractivity contribution is 0.669. The van der Waals surface area contributed by atoms with E-state index in [1.807, 2.05) is 36.4 Å². The molecule has 7 aromatic carbocycles. The minimum absolute atomic E-state index is 0.0311. The first-order valence-corrected chi connectivity index (χ1v) is 11.1. The zero-order valence-corrected chi connectivity index (χ0v) is 18.1. The van der Waals surface area contributed by atoms with E-state index in [2.05, 4.69) is 0 Å². The maximum absolute atomic E-state index is 9.56. The van der Waals surface area contributed by atoms with Crippen molar-refractivity contribution in [3.8, 4) is 11.1 Å². The third-order valence-electron chi connectivity index (χ3n) is 6.53. The maximum Gasteiger partial charge on any atom is 0.136 e. The Hall–Kier alpha value is -4.62. The molecular formula is C34H20O. The molecule has 8 aromatic rings. The van der Waals surface area contributed by atoms with Crippen LogP contribution in [0.1, 0.15) is 15.1 Å². The molecule has 1 nitrogen and oxygen atoms in total. The van der Waals surface area contributed by atoms with Crippen molar-refractivity contribution in [2.45, 2.75) is 0 Å². The normalized spacial score (nSPS) is 16.4. The van der Waals surface area contributed by atoms with Gasteiger partial charge in [0.1, 0.15) is 11.2 Å². The molecule has 0 N–H and O–H groups in total. The zero-order chi connectivity index (χ0) is 32.5. The van der Waals surface area contributed by atoms with Gasteiger partial charge in [-0.3, -0.25) is 0 Å². The summed E-state index contributed by atoms with van der Waals surface area (Å²) in [5.74, 6) is 0. The van der Waals surface area contributed by atoms with E-state index in [4.69, 9.17) is 16.8 Å². The van der Waals surface area contributed by atoms with Crippen molar-refractivity contribution >= 4 is 65.0 Å². The Kier molecular flexibility index (Phi) is 2.22. The van der Waals surface area contributed by atoms with Crippen molar-refractivity contribution in [2.24, 2.45) is 0 Å². The predicted octanol–water partition coefficient (Wildman–Crippen LogP) is 9.87. The number of hydrogen-bond donors (Lipinski definition) is 0. The van der Waals surface area contributed by atoms with Crippen LogP contribution >= 0.6 is 0 Å². The summed E-state index contributed by atoms with van der Waals surface area (Å²) in [6.07, 6.45) is 0. The SMILES string of the molecule is [2H]c1c([2H])c(-c2cccc3oc4ccc5ccccc5c4c23)c2c([2H])c3c(c([2H])c([2H])c4c([2H])c([2H])c([2H])c([2H])c43)c([2H])c2c1[2H]. The van der Waals surface area contributed by atoms with Crippen molar-refractivity contribution in [1.29, 1.82) is 0 Å². The van der Waals surface area contributed by atoms with Gasteiger partial charge in [0.2, 0.25) is 0 Å². The highest BCUT2D eigenvalue weighted by Gasteiger charge is 2.16. The molecule has 0 atom stereocenters. The summed E-state index contributed by atoms with van der Waals surface area (Å²) in [5, 5.41) is 2.20. The lowest BCUT2D eigenvalue weighted by atomic mass is 9.91. The van der Waals surface area contributed by atoms with Gasteiger partial charge >= 0.3 is 0 Å².